The molecule has 0 saturated heterocycles. The van der Waals surface area contributed by atoms with Crippen molar-refractivity contribution < 1.29 is 14.3 Å². The van der Waals surface area contributed by atoms with Crippen LogP contribution >= 0.6 is 0 Å². The van der Waals surface area contributed by atoms with Gasteiger partial charge in [-0.2, -0.15) is 0 Å². The van der Waals surface area contributed by atoms with Gasteiger partial charge in [0.2, 0.25) is 0 Å². The molecule has 1 heterocycles. The number of rotatable bonds is 4. The van der Waals surface area contributed by atoms with Crippen molar-refractivity contribution in [2.24, 2.45) is 0 Å². The molecule has 0 aliphatic rings. The van der Waals surface area contributed by atoms with Crippen molar-refractivity contribution in [3.8, 4) is 0 Å². The van der Waals surface area contributed by atoms with Gasteiger partial charge >= 0.3 is 11.6 Å². The summed E-state index contributed by atoms with van der Waals surface area (Å²) >= 11 is 0. The van der Waals surface area contributed by atoms with Crippen LogP contribution in [0.3, 0.4) is 0 Å². The molecule has 2 aromatic carbocycles. The molecule has 0 radical (unpaired) electrons. The van der Waals surface area contributed by atoms with Gasteiger partial charge < -0.3 is 19.9 Å². The summed E-state index contributed by atoms with van der Waals surface area (Å²) in [6.45, 7) is 3.12. The van der Waals surface area contributed by atoms with E-state index in [2.05, 4.69) is 0 Å². The monoisotopic (exact) mass is 367 g/mol. The number of hydrogen-bond donors (Lipinski definition) is 1. The molecular formula is C20H21N3O4. The van der Waals surface area contributed by atoms with E-state index >= 15 is 0 Å². The van der Waals surface area contributed by atoms with Crippen LogP contribution in [0, 0.1) is 17.0 Å². The molecule has 1 amide bonds. The van der Waals surface area contributed by atoms with E-state index in [1.165, 1.54) is 31.0 Å². The Hall–Kier alpha value is -3.19. The minimum Gasteiger partial charge on any atom is -0.805 e. The Morgan fingerprint density at radius 3 is 2.41 bits per heavy atom. The first-order valence-electron chi connectivity index (χ1n) is 8.59. The fraction of sp³-hybridized carbons (Fsp3) is 0.250. The molecule has 27 heavy (non-hydrogen) atoms. The summed E-state index contributed by atoms with van der Waals surface area (Å²) in [6, 6.07) is 14.7. The Morgan fingerprint density at radius 1 is 1.15 bits per heavy atom. The van der Waals surface area contributed by atoms with Crippen molar-refractivity contribution in [1.82, 2.24) is 9.63 Å². The molecule has 3 aromatic rings. The average Bonchev–Trinajstić information content (AvgIpc) is 2.71. The topological polar surface area (TPSA) is 91.5 Å². The summed E-state index contributed by atoms with van der Waals surface area (Å²) in [4.78, 5) is 27.0. The number of aromatic nitrogens is 2. The highest BCUT2D eigenvalue weighted by Gasteiger charge is 2.33. The second-order valence-electron chi connectivity index (χ2n) is 6.52. The number of para-hydroxylation sites is 2. The van der Waals surface area contributed by atoms with Crippen molar-refractivity contribution >= 4 is 16.9 Å². The van der Waals surface area contributed by atoms with Crippen LogP contribution in [0.1, 0.15) is 34.8 Å². The van der Waals surface area contributed by atoms with Crippen molar-refractivity contribution in [3.63, 3.8) is 0 Å². The number of aliphatic hydroxyl groups is 1. The average molecular weight is 367 g/mol. The maximum absolute atomic E-state index is 13.0. The predicted molar refractivity (Wildman–Crippen MR) is 102 cm³/mol. The third-order valence-electron chi connectivity index (χ3n) is 4.90. The zero-order valence-electron chi connectivity index (χ0n) is 15.4. The van der Waals surface area contributed by atoms with Crippen molar-refractivity contribution in [3.05, 3.63) is 81.7 Å². The van der Waals surface area contributed by atoms with Crippen LogP contribution in [-0.4, -0.2) is 33.7 Å². The number of carbonyl (C=O) groups excluding carboxylic acids is 1. The van der Waals surface area contributed by atoms with Crippen LogP contribution < -0.4 is 4.43 Å². The molecule has 1 aromatic heterocycles. The van der Waals surface area contributed by atoms with E-state index in [0.717, 1.165) is 0 Å². The van der Waals surface area contributed by atoms with Gasteiger partial charge in [0.1, 0.15) is 5.52 Å². The number of likely N-dealkylation sites (N-methyl/N-ethyl adjacent to an activating group) is 1. The lowest BCUT2D eigenvalue weighted by Gasteiger charge is -2.28. The van der Waals surface area contributed by atoms with Crippen LogP contribution in [0.25, 0.3) is 11.0 Å². The number of hydrogen-bond acceptors (Lipinski definition) is 4. The van der Waals surface area contributed by atoms with E-state index in [9.17, 15) is 20.0 Å². The molecule has 0 bridgehead atoms. The number of benzene rings is 2. The Labute approximate surface area is 156 Å². The zero-order chi connectivity index (χ0) is 19.7. The van der Waals surface area contributed by atoms with Gasteiger partial charge in [-0.1, -0.05) is 42.5 Å². The van der Waals surface area contributed by atoms with Crippen molar-refractivity contribution in [2.75, 3.05) is 7.05 Å². The first kappa shape index (κ1) is 18.6. The van der Waals surface area contributed by atoms with Crippen LogP contribution in [0.5, 0.6) is 0 Å². The number of nitrogens with zero attached hydrogens (tertiary/aromatic N) is 3. The van der Waals surface area contributed by atoms with Crippen LogP contribution in [0.4, 0.5) is 0 Å². The predicted octanol–water partition coefficient (Wildman–Crippen LogP) is 2.40. The molecule has 0 unspecified atom stereocenters. The molecule has 0 spiro atoms. The lowest BCUT2D eigenvalue weighted by atomic mass is 10.0. The summed E-state index contributed by atoms with van der Waals surface area (Å²) in [6.07, 6.45) is -0.930. The highest BCUT2D eigenvalue weighted by molar-refractivity contribution is 5.93. The van der Waals surface area contributed by atoms with E-state index in [1.807, 2.05) is 6.07 Å². The summed E-state index contributed by atoms with van der Waals surface area (Å²) in [7, 11) is 1.50. The normalized spacial score (nSPS) is 13.3. The molecule has 0 fully saturated rings. The SMILES string of the molecule is Cc1c(C(=O)N(C)[C@@H](C)[C@H](O)c2ccccc2)[n+](=O)c2ccccc2n1[O-]. The highest BCUT2D eigenvalue weighted by Crippen LogP contribution is 2.22. The second-order valence-corrected chi connectivity index (χ2v) is 6.52. The van der Waals surface area contributed by atoms with E-state index in [1.54, 1.807) is 43.3 Å². The third kappa shape index (κ3) is 3.17. The number of fused-ring (bicyclic) bond motifs is 1. The summed E-state index contributed by atoms with van der Waals surface area (Å²) in [5.74, 6) is -0.625. The Kier molecular flexibility index (Phi) is 4.96. The second kappa shape index (κ2) is 7.20. The van der Waals surface area contributed by atoms with Gasteiger partial charge in [0, 0.05) is 18.0 Å². The molecule has 7 heteroatoms. The number of amides is 1. The van der Waals surface area contributed by atoms with Gasteiger partial charge in [0.15, 0.2) is 0 Å². The largest absolute Gasteiger partial charge is 0.805 e. The minimum atomic E-state index is -0.930. The van der Waals surface area contributed by atoms with Gasteiger partial charge in [-0.05, 0) is 25.5 Å². The molecular weight excluding hydrogens is 346 g/mol. The molecule has 3 rings (SSSR count). The van der Waals surface area contributed by atoms with Gasteiger partial charge in [-0.3, -0.25) is 4.79 Å². The summed E-state index contributed by atoms with van der Waals surface area (Å²) in [5, 5.41) is 23.1. The molecule has 0 aliphatic carbocycles. The van der Waals surface area contributed by atoms with E-state index in [-0.39, 0.29) is 22.4 Å². The first-order chi connectivity index (χ1) is 12.8. The van der Waals surface area contributed by atoms with Crippen molar-refractivity contribution in [2.45, 2.75) is 26.0 Å². The Balaban J connectivity index is 2.02. The maximum Gasteiger partial charge on any atom is 0.346 e. The lowest BCUT2D eigenvalue weighted by Crippen LogP contribution is -2.44. The van der Waals surface area contributed by atoms with Crippen LogP contribution in [0.15, 0.2) is 54.6 Å². The summed E-state index contributed by atoms with van der Waals surface area (Å²) in [5.41, 5.74) is 0.738. The molecule has 0 aliphatic heterocycles. The van der Waals surface area contributed by atoms with Crippen LogP contribution in [-0.2, 0) is 0 Å². The Bertz CT molecular complexity index is 1050. The van der Waals surface area contributed by atoms with Gasteiger partial charge in [-0.25, -0.2) is 0 Å². The Morgan fingerprint density at radius 2 is 1.74 bits per heavy atom. The molecule has 2 atom stereocenters. The highest BCUT2D eigenvalue weighted by atomic mass is 16.5. The fourth-order valence-corrected chi connectivity index (χ4v) is 3.09. The molecule has 140 valence electrons. The standard InChI is InChI=1S/C20H21N3O4/c1-13-18(23(27)17-12-8-7-11-16(17)22(13)26)20(25)21(3)14(2)19(24)15-9-5-4-6-10-15/h4-12,14,19,24H,1-3H3/t14-,19-/m0/s1. The smallest absolute Gasteiger partial charge is 0.346 e. The van der Waals surface area contributed by atoms with Gasteiger partial charge in [0.05, 0.1) is 22.3 Å². The van der Waals surface area contributed by atoms with E-state index in [0.29, 0.717) is 14.7 Å². The lowest BCUT2D eigenvalue weighted by molar-refractivity contribution is -0.469. The number of aliphatic hydroxyl groups excluding tert-OH is 1. The maximum atomic E-state index is 13.0. The van der Waals surface area contributed by atoms with E-state index in [4.69, 9.17) is 0 Å². The van der Waals surface area contributed by atoms with Gasteiger partial charge in [-0.15, -0.1) is 0 Å². The number of carbonyl (C=O) groups is 1. The van der Waals surface area contributed by atoms with Crippen molar-refractivity contribution in [1.29, 1.82) is 0 Å². The third-order valence-corrected chi connectivity index (χ3v) is 4.90. The summed E-state index contributed by atoms with van der Waals surface area (Å²) < 4.78 is 1.07. The van der Waals surface area contributed by atoms with Gasteiger partial charge in [0.25, 0.3) is 5.52 Å². The molecule has 0 saturated carbocycles. The fourth-order valence-electron chi connectivity index (χ4n) is 3.09. The first-order valence-corrected chi connectivity index (χ1v) is 8.59. The molecule has 1 N–H and O–H groups in total. The minimum absolute atomic E-state index is 0.0157. The molecule has 7 nitrogen and oxygen atoms in total. The quantitative estimate of drug-likeness (QED) is 0.717. The van der Waals surface area contributed by atoms with Crippen LogP contribution in [0.2, 0.25) is 0 Å². The van der Waals surface area contributed by atoms with E-state index < -0.39 is 18.1 Å². The zero-order valence-corrected chi connectivity index (χ0v) is 15.4.